The fraction of sp³-hybridized carbons (Fsp3) is 0.348. The number of amides is 1. The summed E-state index contributed by atoms with van der Waals surface area (Å²) in [5, 5.41) is 9.19. The van der Waals surface area contributed by atoms with Crippen LogP contribution < -0.4 is 10.2 Å². The lowest BCUT2D eigenvalue weighted by Gasteiger charge is -2.35. The Hall–Kier alpha value is -3.00. The van der Waals surface area contributed by atoms with Crippen LogP contribution in [-0.4, -0.2) is 50.6 Å². The van der Waals surface area contributed by atoms with Gasteiger partial charge in [-0.2, -0.15) is 0 Å². The van der Waals surface area contributed by atoms with Crippen LogP contribution in [0.2, 0.25) is 0 Å². The van der Waals surface area contributed by atoms with Gasteiger partial charge in [-0.25, -0.2) is 4.68 Å². The van der Waals surface area contributed by atoms with Crippen LogP contribution in [0.4, 0.5) is 0 Å². The van der Waals surface area contributed by atoms with Crippen LogP contribution >= 0.6 is 11.8 Å². The lowest BCUT2D eigenvalue weighted by Crippen LogP contribution is -2.45. The summed E-state index contributed by atoms with van der Waals surface area (Å²) in [6.07, 6.45) is 2.14. The van der Waals surface area contributed by atoms with Gasteiger partial charge in [0.1, 0.15) is 11.0 Å². The van der Waals surface area contributed by atoms with Gasteiger partial charge in [-0.15, -0.1) is 10.2 Å². The first-order chi connectivity index (χ1) is 15.2. The summed E-state index contributed by atoms with van der Waals surface area (Å²) in [6, 6.07) is 17.7. The standard InChI is InChI=1S/C23H25N5O2S/c1-2-30-18-12-10-16(11-13-18)19-20(22(29)27-14-6-7-15-27)31-23-25-24-21(28(23)26-19)17-8-4-3-5-9-17/h3-5,8-13,19-20,26H,2,6-7,14-15H2,1H3/t19-,20+/m0/s1. The minimum absolute atomic E-state index is 0.157. The summed E-state index contributed by atoms with van der Waals surface area (Å²) in [5.41, 5.74) is 5.56. The van der Waals surface area contributed by atoms with Crippen molar-refractivity contribution in [2.75, 3.05) is 25.1 Å². The quantitative estimate of drug-likeness (QED) is 0.659. The number of carbonyl (C=O) groups is 1. The molecule has 2 atom stereocenters. The molecule has 160 valence electrons. The molecule has 1 fully saturated rings. The average molecular weight is 436 g/mol. The maximum atomic E-state index is 13.4. The third-order valence-electron chi connectivity index (χ3n) is 5.68. The molecule has 3 heterocycles. The molecule has 1 aromatic heterocycles. The Morgan fingerprint density at radius 3 is 2.55 bits per heavy atom. The first kappa shape index (κ1) is 19.9. The Balaban J connectivity index is 1.51. The largest absolute Gasteiger partial charge is 0.494 e. The van der Waals surface area contributed by atoms with E-state index in [2.05, 4.69) is 15.6 Å². The molecule has 31 heavy (non-hydrogen) atoms. The van der Waals surface area contributed by atoms with Gasteiger partial charge in [0.05, 0.1) is 12.6 Å². The molecule has 0 bridgehead atoms. The Labute approximate surface area is 185 Å². The van der Waals surface area contributed by atoms with Crippen LogP contribution in [0, 0.1) is 0 Å². The van der Waals surface area contributed by atoms with Crippen molar-refractivity contribution >= 4 is 17.7 Å². The molecule has 8 heteroatoms. The molecule has 7 nitrogen and oxygen atoms in total. The third-order valence-corrected chi connectivity index (χ3v) is 6.88. The van der Waals surface area contributed by atoms with E-state index in [1.54, 1.807) is 0 Å². The SMILES string of the molecule is CCOc1ccc([C@@H]2Nn3c(nnc3-c3ccccc3)S[C@H]2C(=O)N2CCCC2)cc1. The topological polar surface area (TPSA) is 72.3 Å². The Morgan fingerprint density at radius 1 is 1.10 bits per heavy atom. The van der Waals surface area contributed by atoms with E-state index in [0.29, 0.717) is 11.8 Å². The zero-order valence-electron chi connectivity index (χ0n) is 17.4. The van der Waals surface area contributed by atoms with Crippen molar-refractivity contribution in [2.24, 2.45) is 0 Å². The lowest BCUT2D eigenvalue weighted by atomic mass is 10.0. The van der Waals surface area contributed by atoms with Crippen molar-refractivity contribution in [3.8, 4) is 17.1 Å². The molecule has 2 aliphatic heterocycles. The maximum Gasteiger partial charge on any atom is 0.238 e. The number of aromatic nitrogens is 3. The van der Waals surface area contributed by atoms with E-state index in [1.807, 2.05) is 71.1 Å². The van der Waals surface area contributed by atoms with E-state index in [1.165, 1.54) is 11.8 Å². The molecule has 0 radical (unpaired) electrons. The number of thioether (sulfide) groups is 1. The summed E-state index contributed by atoms with van der Waals surface area (Å²) in [5.74, 6) is 1.72. The van der Waals surface area contributed by atoms with E-state index in [4.69, 9.17) is 4.74 Å². The molecule has 0 aliphatic carbocycles. The molecule has 2 aliphatic rings. The third kappa shape index (κ3) is 3.87. The minimum Gasteiger partial charge on any atom is -0.494 e. The summed E-state index contributed by atoms with van der Waals surface area (Å²) in [6.45, 7) is 4.25. The normalized spacial score (nSPS) is 20.2. The van der Waals surface area contributed by atoms with Gasteiger partial charge in [-0.1, -0.05) is 54.2 Å². The highest BCUT2D eigenvalue weighted by atomic mass is 32.2. The summed E-state index contributed by atoms with van der Waals surface area (Å²) >= 11 is 1.49. The molecule has 0 unspecified atom stereocenters. The first-order valence-electron chi connectivity index (χ1n) is 10.7. The molecule has 0 spiro atoms. The van der Waals surface area contributed by atoms with Crippen LogP contribution in [0.3, 0.4) is 0 Å². The lowest BCUT2D eigenvalue weighted by molar-refractivity contribution is -0.129. The zero-order chi connectivity index (χ0) is 21.2. The van der Waals surface area contributed by atoms with Gasteiger partial charge in [-0.05, 0) is 37.5 Å². The highest BCUT2D eigenvalue weighted by Gasteiger charge is 2.40. The van der Waals surface area contributed by atoms with E-state index >= 15 is 0 Å². The second-order valence-electron chi connectivity index (χ2n) is 7.69. The number of benzene rings is 2. The predicted octanol–water partition coefficient (Wildman–Crippen LogP) is 3.73. The van der Waals surface area contributed by atoms with Crippen LogP contribution in [0.1, 0.15) is 31.4 Å². The van der Waals surface area contributed by atoms with Crippen molar-refractivity contribution in [2.45, 2.75) is 36.2 Å². The number of carbonyl (C=O) groups excluding carboxylic acids is 1. The number of likely N-dealkylation sites (tertiary alicyclic amines) is 1. The monoisotopic (exact) mass is 435 g/mol. The van der Waals surface area contributed by atoms with Crippen LogP contribution in [0.5, 0.6) is 5.75 Å². The molecule has 1 N–H and O–H groups in total. The minimum atomic E-state index is -0.309. The van der Waals surface area contributed by atoms with Crippen LogP contribution in [-0.2, 0) is 4.79 Å². The van der Waals surface area contributed by atoms with Gasteiger partial charge in [0.25, 0.3) is 0 Å². The second-order valence-corrected chi connectivity index (χ2v) is 8.80. The van der Waals surface area contributed by atoms with Gasteiger partial charge in [-0.3, -0.25) is 4.79 Å². The van der Waals surface area contributed by atoms with Gasteiger partial charge in [0.2, 0.25) is 11.1 Å². The molecule has 5 rings (SSSR count). The number of hydrogen-bond donors (Lipinski definition) is 1. The van der Waals surface area contributed by atoms with Crippen molar-refractivity contribution in [3.63, 3.8) is 0 Å². The molecule has 1 saturated heterocycles. The molecule has 1 amide bonds. The molecule has 0 saturated carbocycles. The van der Waals surface area contributed by atoms with E-state index in [0.717, 1.165) is 48.6 Å². The Bertz CT molecular complexity index is 1050. The van der Waals surface area contributed by atoms with E-state index < -0.39 is 0 Å². The van der Waals surface area contributed by atoms with Gasteiger partial charge >= 0.3 is 0 Å². The summed E-state index contributed by atoms with van der Waals surface area (Å²) in [4.78, 5) is 15.4. The average Bonchev–Trinajstić information content (AvgIpc) is 3.49. The fourth-order valence-corrected chi connectivity index (χ4v) is 5.29. The van der Waals surface area contributed by atoms with Crippen molar-refractivity contribution in [1.29, 1.82) is 0 Å². The Morgan fingerprint density at radius 2 is 1.84 bits per heavy atom. The van der Waals surface area contributed by atoms with Gasteiger partial charge < -0.3 is 15.1 Å². The van der Waals surface area contributed by atoms with Crippen molar-refractivity contribution < 1.29 is 9.53 Å². The fourth-order valence-electron chi connectivity index (χ4n) is 4.12. The molecule has 3 aromatic rings. The van der Waals surface area contributed by atoms with Crippen molar-refractivity contribution in [1.82, 2.24) is 19.8 Å². The number of rotatable bonds is 5. The summed E-state index contributed by atoms with van der Waals surface area (Å²) < 4.78 is 7.51. The van der Waals surface area contributed by atoms with E-state index in [9.17, 15) is 4.79 Å². The molecule has 2 aromatic carbocycles. The second kappa shape index (κ2) is 8.63. The molecular formula is C23H25N5O2S. The number of fused-ring (bicyclic) bond motifs is 1. The zero-order valence-corrected chi connectivity index (χ0v) is 18.2. The van der Waals surface area contributed by atoms with Crippen molar-refractivity contribution in [3.05, 3.63) is 60.2 Å². The smallest absolute Gasteiger partial charge is 0.238 e. The number of ether oxygens (including phenoxy) is 1. The van der Waals surface area contributed by atoms with Crippen LogP contribution in [0.15, 0.2) is 59.8 Å². The molecular weight excluding hydrogens is 410 g/mol. The predicted molar refractivity (Wildman–Crippen MR) is 121 cm³/mol. The Kier molecular flexibility index (Phi) is 5.55. The summed E-state index contributed by atoms with van der Waals surface area (Å²) in [7, 11) is 0. The first-order valence-corrected chi connectivity index (χ1v) is 11.6. The highest BCUT2D eigenvalue weighted by molar-refractivity contribution is 8.00. The highest BCUT2D eigenvalue weighted by Crippen LogP contribution is 2.40. The van der Waals surface area contributed by atoms with E-state index in [-0.39, 0.29) is 17.2 Å². The number of hydrogen-bond acceptors (Lipinski definition) is 6. The van der Waals surface area contributed by atoms with Gasteiger partial charge in [0, 0.05) is 18.7 Å². The van der Waals surface area contributed by atoms with Crippen LogP contribution in [0.25, 0.3) is 11.4 Å². The number of nitrogens with zero attached hydrogens (tertiary/aromatic N) is 4. The van der Waals surface area contributed by atoms with Gasteiger partial charge in [0.15, 0.2) is 5.82 Å². The maximum absolute atomic E-state index is 13.4. The number of nitrogens with one attached hydrogen (secondary N) is 1.